The molecular weight excluding hydrogens is 380 g/mol. The minimum Gasteiger partial charge on any atom is -0.459 e. The van der Waals surface area contributed by atoms with Crippen LogP contribution >= 0.6 is 0 Å². The summed E-state index contributed by atoms with van der Waals surface area (Å²) in [7, 11) is 1.61. The Morgan fingerprint density at radius 1 is 1.13 bits per heavy atom. The number of aromatic amines is 1. The molecule has 0 atom stereocenters. The van der Waals surface area contributed by atoms with Crippen molar-refractivity contribution in [1.29, 1.82) is 0 Å². The number of ether oxygens (including phenoxy) is 2. The summed E-state index contributed by atoms with van der Waals surface area (Å²) in [6.45, 7) is 5.72. The van der Waals surface area contributed by atoms with Gasteiger partial charge in [0.25, 0.3) is 0 Å². The molecule has 1 aliphatic rings. The summed E-state index contributed by atoms with van der Waals surface area (Å²) in [5.74, 6) is -0.399. The van der Waals surface area contributed by atoms with Crippen LogP contribution < -0.4 is 5.32 Å². The number of nitrogens with one attached hydrogen (secondary N) is 2. The van der Waals surface area contributed by atoms with Gasteiger partial charge in [0, 0.05) is 30.3 Å². The topological polar surface area (TPSA) is 89.1 Å². The van der Waals surface area contributed by atoms with Gasteiger partial charge in [-0.05, 0) is 56.1 Å². The van der Waals surface area contributed by atoms with E-state index in [2.05, 4.69) is 16.4 Å². The van der Waals surface area contributed by atoms with E-state index in [-0.39, 0.29) is 6.10 Å². The lowest BCUT2D eigenvalue weighted by atomic mass is 10.0. The molecule has 5 rings (SSSR count). The van der Waals surface area contributed by atoms with E-state index in [1.807, 2.05) is 32.0 Å². The zero-order chi connectivity index (χ0) is 20.8. The van der Waals surface area contributed by atoms with Gasteiger partial charge in [0.15, 0.2) is 0 Å². The number of esters is 1. The third-order valence-corrected chi connectivity index (χ3v) is 5.52. The maximum atomic E-state index is 13.0. The molecule has 0 saturated carbocycles. The van der Waals surface area contributed by atoms with Crippen LogP contribution in [-0.4, -0.2) is 40.7 Å². The number of benzene rings is 2. The second-order valence-corrected chi connectivity index (χ2v) is 7.94. The first kappa shape index (κ1) is 19.0. The standard InChI is InChI=1S/C23H24N4O3/c1-12(2)30-23(28)19-13(11-29-3)4-5-16-21(19)27-22-17(26-16)7-6-15-20(22)14-8-9-24-10-18(14)25-15/h4-7,12,24-25H,8-11H2,1-3H3. The molecule has 30 heavy (non-hydrogen) atoms. The van der Waals surface area contributed by atoms with Gasteiger partial charge >= 0.3 is 5.97 Å². The van der Waals surface area contributed by atoms with E-state index in [0.29, 0.717) is 23.2 Å². The van der Waals surface area contributed by atoms with Gasteiger partial charge in [-0.1, -0.05) is 6.07 Å². The molecule has 2 N–H and O–H groups in total. The van der Waals surface area contributed by atoms with Gasteiger partial charge in [0.1, 0.15) is 5.52 Å². The Labute approximate surface area is 173 Å². The van der Waals surface area contributed by atoms with Crippen molar-refractivity contribution in [1.82, 2.24) is 20.3 Å². The van der Waals surface area contributed by atoms with E-state index >= 15 is 0 Å². The molecular formula is C23H24N4O3. The third kappa shape index (κ3) is 3.02. The fourth-order valence-electron chi connectivity index (χ4n) is 4.28. The number of H-pyrrole nitrogens is 1. The van der Waals surface area contributed by atoms with Crippen LogP contribution in [0.5, 0.6) is 0 Å². The molecule has 3 heterocycles. The molecule has 2 aromatic carbocycles. The number of methoxy groups -OCH3 is 1. The number of carbonyl (C=O) groups excluding carboxylic acids is 1. The average Bonchev–Trinajstić information content (AvgIpc) is 3.11. The molecule has 0 radical (unpaired) electrons. The molecule has 0 spiro atoms. The van der Waals surface area contributed by atoms with Gasteiger partial charge in [-0.2, -0.15) is 0 Å². The summed E-state index contributed by atoms with van der Waals surface area (Å²) in [6.07, 6.45) is 0.701. The van der Waals surface area contributed by atoms with Crippen LogP contribution in [0.4, 0.5) is 0 Å². The maximum Gasteiger partial charge on any atom is 0.341 e. The number of fused-ring (bicyclic) bond motifs is 6. The van der Waals surface area contributed by atoms with Gasteiger partial charge in [-0.15, -0.1) is 0 Å². The Morgan fingerprint density at radius 3 is 2.73 bits per heavy atom. The number of rotatable bonds is 4. The minimum absolute atomic E-state index is 0.229. The van der Waals surface area contributed by atoms with Crippen molar-refractivity contribution in [2.45, 2.75) is 39.5 Å². The summed E-state index contributed by atoms with van der Waals surface area (Å²) >= 11 is 0. The third-order valence-electron chi connectivity index (χ3n) is 5.52. The Kier molecular flexibility index (Phi) is 4.64. The second-order valence-electron chi connectivity index (χ2n) is 7.94. The van der Waals surface area contributed by atoms with Gasteiger partial charge in [-0.3, -0.25) is 0 Å². The van der Waals surface area contributed by atoms with Crippen LogP contribution in [0.1, 0.15) is 41.0 Å². The van der Waals surface area contributed by atoms with E-state index in [1.165, 1.54) is 11.3 Å². The van der Waals surface area contributed by atoms with Crippen molar-refractivity contribution in [3.8, 4) is 0 Å². The van der Waals surface area contributed by atoms with Crippen molar-refractivity contribution in [2.75, 3.05) is 13.7 Å². The summed E-state index contributed by atoms with van der Waals surface area (Å²) in [6, 6.07) is 7.80. The lowest BCUT2D eigenvalue weighted by Gasteiger charge is -2.15. The SMILES string of the molecule is COCc1ccc2nc3ccc4[nH]c5c(c4c3nc2c1C(=O)OC(C)C)CCNC5. The fraction of sp³-hybridized carbons (Fsp3) is 0.348. The summed E-state index contributed by atoms with van der Waals surface area (Å²) in [4.78, 5) is 26.3. The van der Waals surface area contributed by atoms with Gasteiger partial charge in [0.2, 0.25) is 0 Å². The Bertz CT molecular complexity index is 1290. The molecule has 2 aromatic heterocycles. The molecule has 0 unspecified atom stereocenters. The average molecular weight is 404 g/mol. The Balaban J connectivity index is 1.84. The molecule has 0 amide bonds. The maximum absolute atomic E-state index is 13.0. The molecule has 1 aliphatic heterocycles. The minimum atomic E-state index is -0.399. The Hall–Kier alpha value is -3.03. The van der Waals surface area contributed by atoms with E-state index in [9.17, 15) is 4.79 Å². The highest BCUT2D eigenvalue weighted by Gasteiger charge is 2.23. The van der Waals surface area contributed by atoms with Crippen LogP contribution in [0.25, 0.3) is 33.0 Å². The van der Waals surface area contributed by atoms with Crippen molar-refractivity contribution < 1.29 is 14.3 Å². The van der Waals surface area contributed by atoms with E-state index in [0.717, 1.165) is 47.0 Å². The van der Waals surface area contributed by atoms with E-state index < -0.39 is 5.97 Å². The van der Waals surface area contributed by atoms with Crippen LogP contribution in [0.2, 0.25) is 0 Å². The van der Waals surface area contributed by atoms with E-state index in [4.69, 9.17) is 19.4 Å². The van der Waals surface area contributed by atoms with E-state index in [1.54, 1.807) is 7.11 Å². The fourth-order valence-corrected chi connectivity index (χ4v) is 4.28. The number of carbonyl (C=O) groups is 1. The van der Waals surface area contributed by atoms with Gasteiger partial charge in [-0.25, -0.2) is 14.8 Å². The molecule has 0 saturated heterocycles. The van der Waals surface area contributed by atoms with Crippen LogP contribution in [0.3, 0.4) is 0 Å². The van der Waals surface area contributed by atoms with Crippen molar-refractivity contribution in [3.05, 3.63) is 46.6 Å². The normalized spacial score (nSPS) is 14.0. The monoisotopic (exact) mass is 404 g/mol. The molecule has 7 nitrogen and oxygen atoms in total. The Morgan fingerprint density at radius 2 is 1.93 bits per heavy atom. The number of hydrogen-bond donors (Lipinski definition) is 2. The van der Waals surface area contributed by atoms with Crippen molar-refractivity contribution in [2.24, 2.45) is 0 Å². The second kappa shape index (κ2) is 7.34. The first-order valence-electron chi connectivity index (χ1n) is 10.2. The quantitative estimate of drug-likeness (QED) is 0.399. The molecule has 0 fully saturated rings. The first-order valence-corrected chi connectivity index (χ1v) is 10.2. The molecule has 7 heteroatoms. The number of aromatic nitrogens is 3. The van der Waals surface area contributed by atoms with Crippen LogP contribution in [0, 0.1) is 0 Å². The summed E-state index contributed by atoms with van der Waals surface area (Å²) in [5.41, 5.74) is 7.55. The predicted octanol–water partition coefficient (Wildman–Crippen LogP) is 3.62. The highest BCUT2D eigenvalue weighted by Crippen LogP contribution is 2.32. The van der Waals surface area contributed by atoms with Crippen molar-refractivity contribution >= 4 is 38.9 Å². The van der Waals surface area contributed by atoms with Gasteiger partial charge < -0.3 is 19.8 Å². The predicted molar refractivity (Wildman–Crippen MR) is 116 cm³/mol. The molecule has 0 aliphatic carbocycles. The van der Waals surface area contributed by atoms with Crippen molar-refractivity contribution in [3.63, 3.8) is 0 Å². The summed E-state index contributed by atoms with van der Waals surface area (Å²) < 4.78 is 10.9. The molecule has 0 bridgehead atoms. The zero-order valence-corrected chi connectivity index (χ0v) is 17.3. The zero-order valence-electron chi connectivity index (χ0n) is 17.3. The lowest BCUT2D eigenvalue weighted by molar-refractivity contribution is 0.0375. The molecule has 4 aromatic rings. The number of hydrogen-bond acceptors (Lipinski definition) is 6. The summed E-state index contributed by atoms with van der Waals surface area (Å²) in [5, 5.41) is 4.50. The first-order chi connectivity index (χ1) is 14.6. The number of nitrogens with zero attached hydrogens (tertiary/aromatic N) is 2. The van der Waals surface area contributed by atoms with Crippen LogP contribution in [-0.2, 0) is 29.0 Å². The molecule has 154 valence electrons. The highest BCUT2D eigenvalue weighted by molar-refractivity contribution is 6.10. The van der Waals surface area contributed by atoms with Crippen LogP contribution in [0.15, 0.2) is 24.3 Å². The highest BCUT2D eigenvalue weighted by atomic mass is 16.5. The largest absolute Gasteiger partial charge is 0.459 e. The smallest absolute Gasteiger partial charge is 0.341 e. The lowest BCUT2D eigenvalue weighted by Crippen LogP contribution is -2.23. The van der Waals surface area contributed by atoms with Gasteiger partial charge in [0.05, 0.1) is 34.8 Å².